The van der Waals surface area contributed by atoms with E-state index in [2.05, 4.69) is 11.7 Å². The van der Waals surface area contributed by atoms with Crippen molar-refractivity contribution in [3.05, 3.63) is 23.3 Å². The Labute approximate surface area is 97.3 Å². The van der Waals surface area contributed by atoms with Gasteiger partial charge >= 0.3 is 6.36 Å². The molecule has 0 N–H and O–H groups in total. The quantitative estimate of drug-likeness (QED) is 0.796. The summed E-state index contributed by atoms with van der Waals surface area (Å²) in [5.74, 6) is 0.332. The van der Waals surface area contributed by atoms with Crippen molar-refractivity contribution in [1.82, 2.24) is 0 Å². The van der Waals surface area contributed by atoms with Crippen molar-refractivity contribution in [2.45, 2.75) is 26.1 Å². The summed E-state index contributed by atoms with van der Waals surface area (Å²) < 4.78 is 45.5. The van der Waals surface area contributed by atoms with Crippen molar-refractivity contribution in [3.63, 3.8) is 0 Å². The van der Waals surface area contributed by atoms with Crippen LogP contribution in [0, 0.1) is 5.92 Å². The Morgan fingerprint density at radius 1 is 1.12 bits per heavy atom. The van der Waals surface area contributed by atoms with Crippen molar-refractivity contribution in [1.29, 1.82) is 0 Å². The lowest BCUT2D eigenvalue weighted by Gasteiger charge is -2.14. The highest BCUT2D eigenvalue weighted by molar-refractivity contribution is 5.49. The van der Waals surface area contributed by atoms with Gasteiger partial charge in [0.2, 0.25) is 0 Å². The highest BCUT2D eigenvalue weighted by atomic mass is 19.4. The molecule has 2 nitrogen and oxygen atoms in total. The minimum atomic E-state index is -4.69. The maximum Gasteiger partial charge on any atom is 0.573 e. The molecule has 0 saturated carbocycles. The lowest BCUT2D eigenvalue weighted by Crippen LogP contribution is -2.17. The van der Waals surface area contributed by atoms with Gasteiger partial charge in [-0.1, -0.05) is 6.92 Å². The van der Waals surface area contributed by atoms with E-state index >= 15 is 0 Å². The number of ether oxygens (including phenoxy) is 2. The third kappa shape index (κ3) is 2.65. The van der Waals surface area contributed by atoms with E-state index in [4.69, 9.17) is 4.74 Å². The first kappa shape index (κ1) is 12.1. The van der Waals surface area contributed by atoms with Crippen LogP contribution in [0.5, 0.6) is 11.5 Å². The van der Waals surface area contributed by atoms with Crippen LogP contribution in [0.3, 0.4) is 0 Å². The predicted octanol–water partition coefficient (Wildman–Crippen LogP) is 3.33. The van der Waals surface area contributed by atoms with E-state index in [0.717, 1.165) is 24.0 Å². The highest BCUT2D eigenvalue weighted by Gasteiger charge is 2.33. The monoisotopic (exact) mass is 246 g/mol. The standard InChI is InChI=1S/C12H13F3O2/c1-7-3-8-5-10(16-2)11(6-9(8)4-7)17-12(13,14)15/h5-7H,3-4H2,1-2H3. The number of rotatable bonds is 2. The summed E-state index contributed by atoms with van der Waals surface area (Å²) in [6.45, 7) is 2.07. The Hall–Kier alpha value is -1.39. The highest BCUT2D eigenvalue weighted by Crippen LogP contribution is 2.38. The lowest BCUT2D eigenvalue weighted by atomic mass is 10.1. The van der Waals surface area contributed by atoms with Crippen LogP contribution in [0.4, 0.5) is 13.2 Å². The fraction of sp³-hybridized carbons (Fsp3) is 0.500. The average molecular weight is 246 g/mol. The zero-order valence-corrected chi connectivity index (χ0v) is 9.60. The smallest absolute Gasteiger partial charge is 0.493 e. The van der Waals surface area contributed by atoms with Crippen molar-refractivity contribution in [2.24, 2.45) is 5.92 Å². The first-order valence-corrected chi connectivity index (χ1v) is 5.34. The Morgan fingerprint density at radius 3 is 2.12 bits per heavy atom. The van der Waals surface area contributed by atoms with E-state index in [0.29, 0.717) is 5.92 Å². The minimum absolute atomic E-state index is 0.134. The second-order valence-corrected chi connectivity index (χ2v) is 4.33. The molecule has 2 rings (SSSR count). The number of benzene rings is 1. The number of fused-ring (bicyclic) bond motifs is 1. The largest absolute Gasteiger partial charge is 0.573 e. The molecule has 0 radical (unpaired) electrons. The molecule has 5 heteroatoms. The van der Waals surface area contributed by atoms with Crippen LogP contribution in [0.2, 0.25) is 0 Å². The molecule has 0 aromatic heterocycles. The van der Waals surface area contributed by atoms with Crippen LogP contribution in [-0.2, 0) is 12.8 Å². The van der Waals surface area contributed by atoms with Gasteiger partial charge in [0, 0.05) is 0 Å². The van der Waals surface area contributed by atoms with Gasteiger partial charge in [-0.2, -0.15) is 0 Å². The first-order chi connectivity index (χ1) is 7.89. The zero-order chi connectivity index (χ0) is 12.6. The van der Waals surface area contributed by atoms with Crippen molar-refractivity contribution < 1.29 is 22.6 Å². The van der Waals surface area contributed by atoms with E-state index in [9.17, 15) is 13.2 Å². The summed E-state index contributed by atoms with van der Waals surface area (Å²) in [7, 11) is 1.34. The molecule has 0 heterocycles. The van der Waals surface area contributed by atoms with Crippen LogP contribution in [0.15, 0.2) is 12.1 Å². The summed E-state index contributed by atoms with van der Waals surface area (Å²) in [4.78, 5) is 0. The second-order valence-electron chi connectivity index (χ2n) is 4.33. The number of alkyl halides is 3. The van der Waals surface area contributed by atoms with Crippen molar-refractivity contribution in [3.8, 4) is 11.5 Å². The molecule has 0 aliphatic heterocycles. The Morgan fingerprint density at radius 2 is 1.65 bits per heavy atom. The molecule has 0 saturated heterocycles. The molecule has 0 fully saturated rings. The number of methoxy groups -OCH3 is 1. The molecule has 1 aromatic carbocycles. The molecule has 0 spiro atoms. The second kappa shape index (κ2) is 4.13. The SMILES string of the molecule is COc1cc2c(cc1OC(F)(F)F)CC(C)C2. The minimum Gasteiger partial charge on any atom is -0.493 e. The summed E-state index contributed by atoms with van der Waals surface area (Å²) >= 11 is 0. The summed E-state index contributed by atoms with van der Waals surface area (Å²) in [6, 6.07) is 3.07. The molecule has 1 aliphatic rings. The van der Waals surface area contributed by atoms with Crippen LogP contribution in [-0.4, -0.2) is 13.5 Å². The van der Waals surface area contributed by atoms with Gasteiger partial charge in [0.15, 0.2) is 11.5 Å². The van der Waals surface area contributed by atoms with Gasteiger partial charge in [-0.3, -0.25) is 0 Å². The maximum atomic E-state index is 12.2. The van der Waals surface area contributed by atoms with Crippen LogP contribution < -0.4 is 9.47 Å². The third-order valence-corrected chi connectivity index (χ3v) is 2.85. The average Bonchev–Trinajstić information content (AvgIpc) is 2.53. The van der Waals surface area contributed by atoms with Gasteiger partial charge in [0.25, 0.3) is 0 Å². The molecule has 0 bridgehead atoms. The normalized spacial score (nSPS) is 19.0. The van der Waals surface area contributed by atoms with E-state index in [1.165, 1.54) is 13.2 Å². The molecule has 94 valence electrons. The molecule has 17 heavy (non-hydrogen) atoms. The molecule has 0 amide bonds. The number of halogens is 3. The van der Waals surface area contributed by atoms with Crippen LogP contribution >= 0.6 is 0 Å². The van der Waals surface area contributed by atoms with E-state index in [1.807, 2.05) is 0 Å². The van der Waals surface area contributed by atoms with E-state index in [1.54, 1.807) is 6.07 Å². The molecule has 1 aromatic rings. The van der Waals surface area contributed by atoms with Gasteiger partial charge in [0.05, 0.1) is 7.11 Å². The zero-order valence-electron chi connectivity index (χ0n) is 9.60. The maximum absolute atomic E-state index is 12.2. The van der Waals surface area contributed by atoms with Crippen LogP contribution in [0.1, 0.15) is 18.1 Å². The first-order valence-electron chi connectivity index (χ1n) is 5.34. The molecule has 1 aliphatic carbocycles. The predicted molar refractivity (Wildman–Crippen MR) is 56.2 cm³/mol. The van der Waals surface area contributed by atoms with E-state index < -0.39 is 6.36 Å². The fourth-order valence-corrected chi connectivity index (χ4v) is 2.21. The topological polar surface area (TPSA) is 18.5 Å². The third-order valence-electron chi connectivity index (χ3n) is 2.85. The van der Waals surface area contributed by atoms with Gasteiger partial charge in [-0.25, -0.2) is 0 Å². The number of hydrogen-bond donors (Lipinski definition) is 0. The Bertz CT molecular complexity index is 426. The van der Waals surface area contributed by atoms with Crippen molar-refractivity contribution in [2.75, 3.05) is 7.11 Å². The van der Waals surface area contributed by atoms with Crippen LogP contribution in [0.25, 0.3) is 0 Å². The Kier molecular flexibility index (Phi) is 2.93. The summed E-state index contributed by atoms with van der Waals surface area (Å²) in [5.41, 5.74) is 1.96. The van der Waals surface area contributed by atoms with Gasteiger partial charge in [-0.15, -0.1) is 13.2 Å². The van der Waals surface area contributed by atoms with Gasteiger partial charge in [-0.05, 0) is 42.0 Å². The fourth-order valence-electron chi connectivity index (χ4n) is 2.21. The lowest BCUT2D eigenvalue weighted by molar-refractivity contribution is -0.275. The number of hydrogen-bond acceptors (Lipinski definition) is 2. The van der Waals surface area contributed by atoms with Crippen molar-refractivity contribution >= 4 is 0 Å². The molecule has 1 atom stereocenters. The Balaban J connectivity index is 2.36. The molecular formula is C12H13F3O2. The molecular weight excluding hydrogens is 233 g/mol. The van der Waals surface area contributed by atoms with Gasteiger partial charge < -0.3 is 9.47 Å². The van der Waals surface area contributed by atoms with E-state index in [-0.39, 0.29) is 11.5 Å². The summed E-state index contributed by atoms with van der Waals surface area (Å²) in [5, 5.41) is 0. The van der Waals surface area contributed by atoms with Gasteiger partial charge in [0.1, 0.15) is 0 Å². The molecule has 1 unspecified atom stereocenters. The summed E-state index contributed by atoms with van der Waals surface area (Å²) in [6.07, 6.45) is -3.03.